The van der Waals surface area contributed by atoms with Gasteiger partial charge in [-0.1, -0.05) is 64.7 Å². The maximum Gasteiger partial charge on any atom is 0.332 e. The van der Waals surface area contributed by atoms with Crippen LogP contribution < -0.4 is 16.5 Å². The van der Waals surface area contributed by atoms with E-state index in [1.807, 2.05) is 5.48 Å². The van der Waals surface area contributed by atoms with Crippen LogP contribution in [0.25, 0.3) is 0 Å². The molecule has 5 N–H and O–H groups in total. The van der Waals surface area contributed by atoms with E-state index in [9.17, 15) is 9.59 Å². The SMILES string of the molecule is CCCCCCCCCCCC(=O)NCCCCCC(=O)ONC(=N)N. The van der Waals surface area contributed by atoms with Crippen molar-refractivity contribution in [2.24, 2.45) is 5.73 Å². The molecule has 0 heterocycles. The van der Waals surface area contributed by atoms with Crippen molar-refractivity contribution in [3.63, 3.8) is 0 Å². The number of nitrogens with one attached hydrogen (secondary N) is 3. The average Bonchev–Trinajstić information content (AvgIpc) is 2.61. The first-order valence-corrected chi connectivity index (χ1v) is 10.1. The van der Waals surface area contributed by atoms with Crippen LogP contribution in [0.5, 0.6) is 0 Å². The Morgan fingerprint density at radius 2 is 1.38 bits per heavy atom. The zero-order chi connectivity index (χ0) is 19.5. The van der Waals surface area contributed by atoms with Crippen molar-refractivity contribution in [1.82, 2.24) is 10.8 Å². The minimum absolute atomic E-state index is 0.123. The second-order valence-corrected chi connectivity index (χ2v) is 6.73. The highest BCUT2D eigenvalue weighted by atomic mass is 16.7. The normalized spacial score (nSPS) is 10.3. The summed E-state index contributed by atoms with van der Waals surface area (Å²) in [5.74, 6) is -0.708. The van der Waals surface area contributed by atoms with E-state index in [0.29, 0.717) is 19.4 Å². The Morgan fingerprint density at radius 3 is 2.00 bits per heavy atom. The molecule has 0 radical (unpaired) electrons. The second-order valence-electron chi connectivity index (χ2n) is 6.73. The van der Waals surface area contributed by atoms with Crippen LogP contribution in [-0.4, -0.2) is 24.4 Å². The summed E-state index contributed by atoms with van der Waals surface area (Å²) in [6, 6.07) is 0. The van der Waals surface area contributed by atoms with Gasteiger partial charge in [-0.2, -0.15) is 5.48 Å². The summed E-state index contributed by atoms with van der Waals surface area (Å²) in [6.07, 6.45) is 14.5. The monoisotopic (exact) mass is 370 g/mol. The number of carbonyl (C=O) groups is 2. The molecule has 0 spiro atoms. The highest BCUT2D eigenvalue weighted by molar-refractivity contribution is 5.76. The largest absolute Gasteiger partial charge is 0.368 e. The van der Waals surface area contributed by atoms with E-state index >= 15 is 0 Å². The summed E-state index contributed by atoms with van der Waals surface area (Å²) in [7, 11) is 0. The van der Waals surface area contributed by atoms with E-state index in [1.165, 1.54) is 44.9 Å². The van der Waals surface area contributed by atoms with Crippen molar-refractivity contribution in [1.29, 1.82) is 5.41 Å². The number of unbranched alkanes of at least 4 members (excludes halogenated alkanes) is 10. The third kappa shape index (κ3) is 18.5. The summed E-state index contributed by atoms with van der Waals surface area (Å²) in [4.78, 5) is 27.5. The summed E-state index contributed by atoms with van der Waals surface area (Å²) in [5, 5.41) is 9.78. The molecule has 0 rings (SSSR count). The highest BCUT2D eigenvalue weighted by Crippen LogP contribution is 2.10. The van der Waals surface area contributed by atoms with E-state index in [2.05, 4.69) is 17.1 Å². The Morgan fingerprint density at radius 1 is 0.846 bits per heavy atom. The Balaban J connectivity index is 3.29. The lowest BCUT2D eigenvalue weighted by Crippen LogP contribution is -2.32. The second kappa shape index (κ2) is 18.0. The van der Waals surface area contributed by atoms with Crippen LogP contribution in [0.2, 0.25) is 0 Å². The van der Waals surface area contributed by atoms with Gasteiger partial charge >= 0.3 is 5.97 Å². The van der Waals surface area contributed by atoms with Gasteiger partial charge in [0.15, 0.2) is 0 Å². The molecule has 0 aliphatic carbocycles. The lowest BCUT2D eigenvalue weighted by atomic mass is 10.1. The van der Waals surface area contributed by atoms with Crippen LogP contribution in [0, 0.1) is 5.41 Å². The third-order valence-corrected chi connectivity index (χ3v) is 4.16. The fourth-order valence-electron chi connectivity index (χ4n) is 2.65. The lowest BCUT2D eigenvalue weighted by molar-refractivity contribution is -0.148. The Hall–Kier alpha value is -1.79. The standard InChI is InChI=1S/C19H38N4O3/c1-2-3-4-5-6-7-8-9-11-14-17(24)22-16-13-10-12-15-18(25)26-23-19(20)21/h2-16H2,1H3,(H,22,24)(H4,20,21,23). The summed E-state index contributed by atoms with van der Waals surface area (Å²) in [5.41, 5.74) is 7.01. The van der Waals surface area contributed by atoms with E-state index < -0.39 is 11.9 Å². The molecular formula is C19H38N4O3. The van der Waals surface area contributed by atoms with Crippen LogP contribution in [0.3, 0.4) is 0 Å². The Bertz CT molecular complexity index is 389. The quantitative estimate of drug-likeness (QED) is 0.143. The molecule has 0 saturated carbocycles. The number of rotatable bonds is 16. The fraction of sp³-hybridized carbons (Fsp3) is 0.842. The lowest BCUT2D eigenvalue weighted by Gasteiger charge is -2.06. The number of hydrogen-bond acceptors (Lipinski definition) is 4. The molecule has 0 unspecified atom stereocenters. The van der Waals surface area contributed by atoms with Crippen molar-refractivity contribution in [2.45, 2.75) is 96.8 Å². The minimum Gasteiger partial charge on any atom is -0.368 e. The predicted octanol–water partition coefficient (Wildman–Crippen LogP) is 3.53. The molecule has 0 aromatic carbocycles. The number of amides is 1. The van der Waals surface area contributed by atoms with Crippen molar-refractivity contribution in [3.05, 3.63) is 0 Å². The van der Waals surface area contributed by atoms with E-state index in [1.54, 1.807) is 0 Å². The van der Waals surface area contributed by atoms with Crippen LogP contribution in [-0.2, 0) is 14.4 Å². The van der Waals surface area contributed by atoms with E-state index in [0.717, 1.165) is 25.7 Å². The molecule has 0 aliphatic heterocycles. The molecule has 7 heteroatoms. The van der Waals surface area contributed by atoms with Gasteiger partial charge in [-0.05, 0) is 19.3 Å². The number of nitrogens with two attached hydrogens (primary N) is 1. The molecule has 0 aliphatic rings. The third-order valence-electron chi connectivity index (χ3n) is 4.16. The number of guanidine groups is 1. The molecule has 152 valence electrons. The molecule has 0 saturated heterocycles. The molecule has 0 atom stereocenters. The van der Waals surface area contributed by atoms with Crippen LogP contribution >= 0.6 is 0 Å². The molecule has 26 heavy (non-hydrogen) atoms. The maximum atomic E-state index is 11.7. The van der Waals surface area contributed by atoms with E-state index in [-0.39, 0.29) is 12.3 Å². The first-order valence-electron chi connectivity index (χ1n) is 10.1. The van der Waals surface area contributed by atoms with Gasteiger partial charge in [0.1, 0.15) is 0 Å². The van der Waals surface area contributed by atoms with Crippen molar-refractivity contribution in [3.8, 4) is 0 Å². The van der Waals surface area contributed by atoms with Crippen LogP contribution in [0.15, 0.2) is 0 Å². The summed E-state index contributed by atoms with van der Waals surface area (Å²) >= 11 is 0. The first-order chi connectivity index (χ1) is 12.6. The Labute approximate surface area is 158 Å². The average molecular weight is 371 g/mol. The van der Waals surface area contributed by atoms with Crippen molar-refractivity contribution in [2.75, 3.05) is 6.54 Å². The molecule has 0 aromatic rings. The van der Waals surface area contributed by atoms with Gasteiger partial charge in [-0.15, -0.1) is 0 Å². The van der Waals surface area contributed by atoms with Crippen LogP contribution in [0.1, 0.15) is 96.8 Å². The number of carbonyl (C=O) groups excluding carboxylic acids is 2. The van der Waals surface area contributed by atoms with Crippen molar-refractivity contribution >= 4 is 17.8 Å². The van der Waals surface area contributed by atoms with E-state index in [4.69, 9.17) is 11.1 Å². The van der Waals surface area contributed by atoms with Gasteiger partial charge in [0, 0.05) is 19.4 Å². The van der Waals surface area contributed by atoms with Gasteiger partial charge in [0.05, 0.1) is 0 Å². The molecule has 7 nitrogen and oxygen atoms in total. The first kappa shape index (κ1) is 24.2. The smallest absolute Gasteiger partial charge is 0.332 e. The zero-order valence-corrected chi connectivity index (χ0v) is 16.4. The summed E-state index contributed by atoms with van der Waals surface area (Å²) < 4.78 is 0. The zero-order valence-electron chi connectivity index (χ0n) is 16.4. The summed E-state index contributed by atoms with van der Waals surface area (Å²) in [6.45, 7) is 2.88. The molecule has 0 bridgehead atoms. The van der Waals surface area contributed by atoms with Gasteiger partial charge in [0.25, 0.3) is 0 Å². The van der Waals surface area contributed by atoms with Gasteiger partial charge in [-0.25, -0.2) is 4.79 Å². The Kier molecular flexibility index (Phi) is 16.8. The number of hydrogen-bond donors (Lipinski definition) is 4. The fourth-order valence-corrected chi connectivity index (χ4v) is 2.65. The van der Waals surface area contributed by atoms with Crippen LogP contribution in [0.4, 0.5) is 0 Å². The minimum atomic E-state index is -0.436. The molecule has 0 aromatic heterocycles. The molecular weight excluding hydrogens is 332 g/mol. The van der Waals surface area contributed by atoms with Crippen molar-refractivity contribution < 1.29 is 14.4 Å². The molecule has 1 amide bonds. The highest BCUT2D eigenvalue weighted by Gasteiger charge is 2.04. The predicted molar refractivity (Wildman–Crippen MR) is 104 cm³/mol. The maximum absolute atomic E-state index is 11.7. The topological polar surface area (TPSA) is 117 Å². The van der Waals surface area contributed by atoms with Gasteiger partial charge in [-0.3, -0.25) is 10.2 Å². The van der Waals surface area contributed by atoms with Gasteiger partial charge < -0.3 is 15.9 Å². The van der Waals surface area contributed by atoms with Gasteiger partial charge in [0.2, 0.25) is 11.9 Å². The molecule has 0 fully saturated rings. The number of hydroxylamine groups is 1.